The maximum absolute atomic E-state index is 11.3. The molecule has 0 saturated carbocycles. The number of rotatable bonds is 5. The summed E-state index contributed by atoms with van der Waals surface area (Å²) in [5.41, 5.74) is -0.464. The molecule has 0 radical (unpaired) electrons. The van der Waals surface area contributed by atoms with Gasteiger partial charge >= 0.3 is 5.97 Å². The molecule has 1 N–H and O–H groups in total. The van der Waals surface area contributed by atoms with Gasteiger partial charge in [0.05, 0.1) is 13.4 Å². The second-order valence-corrected chi connectivity index (χ2v) is 4.44. The minimum atomic E-state index is -1.50. The van der Waals surface area contributed by atoms with Crippen molar-refractivity contribution in [2.24, 2.45) is 0 Å². The molecule has 0 aromatic carbocycles. The predicted octanol–water partition coefficient (Wildman–Crippen LogP) is 0.944. The van der Waals surface area contributed by atoms with E-state index in [0.29, 0.717) is 6.54 Å². The van der Waals surface area contributed by atoms with E-state index in [0.717, 1.165) is 11.3 Å². The molecule has 5 nitrogen and oxygen atoms in total. The lowest BCUT2D eigenvalue weighted by atomic mass is 10.1. The molecule has 0 amide bonds. The van der Waals surface area contributed by atoms with Gasteiger partial charge in [0, 0.05) is 18.7 Å². The van der Waals surface area contributed by atoms with E-state index in [1.165, 1.54) is 14.0 Å². The molecule has 0 saturated heterocycles. The summed E-state index contributed by atoms with van der Waals surface area (Å²) in [6.45, 7) is 4.12. The molecule has 0 bridgehead atoms. The molecule has 0 aliphatic carbocycles. The Hall–Kier alpha value is -1.33. The molecule has 96 valence electrons. The first-order valence-electron chi connectivity index (χ1n) is 5.39. The summed E-state index contributed by atoms with van der Waals surface area (Å²) >= 11 is 0. The van der Waals surface area contributed by atoms with Crippen molar-refractivity contribution in [1.82, 2.24) is 4.90 Å². The highest BCUT2D eigenvalue weighted by atomic mass is 16.5. The Morgan fingerprint density at radius 2 is 2.29 bits per heavy atom. The molecular weight excluding hydrogens is 222 g/mol. The number of aliphatic hydroxyl groups is 1. The third-order valence-corrected chi connectivity index (χ3v) is 2.61. The van der Waals surface area contributed by atoms with Gasteiger partial charge < -0.3 is 14.3 Å². The largest absolute Gasteiger partial charge is 0.469 e. The first kappa shape index (κ1) is 13.7. The Labute approximate surface area is 101 Å². The first-order chi connectivity index (χ1) is 7.86. The van der Waals surface area contributed by atoms with Gasteiger partial charge in [0.25, 0.3) is 0 Å². The van der Waals surface area contributed by atoms with Crippen molar-refractivity contribution in [1.29, 1.82) is 0 Å². The van der Waals surface area contributed by atoms with Gasteiger partial charge in [-0.2, -0.15) is 0 Å². The van der Waals surface area contributed by atoms with Crippen LogP contribution in [0.15, 0.2) is 16.7 Å². The smallest absolute Gasteiger partial charge is 0.338 e. The standard InChI is InChI=1S/C12H19NO4/c1-9-10(5-6-17-9)7-13(3)8-12(2,15)11(14)16-4/h5-6,15H,7-8H2,1-4H3. The van der Waals surface area contributed by atoms with Gasteiger partial charge in [-0.15, -0.1) is 0 Å². The van der Waals surface area contributed by atoms with Gasteiger partial charge in [0.1, 0.15) is 5.76 Å². The number of hydrogen-bond acceptors (Lipinski definition) is 5. The van der Waals surface area contributed by atoms with E-state index >= 15 is 0 Å². The summed E-state index contributed by atoms with van der Waals surface area (Å²) in [5.74, 6) is 0.211. The lowest BCUT2D eigenvalue weighted by Gasteiger charge is -2.26. The number of likely N-dealkylation sites (N-methyl/N-ethyl adjacent to an activating group) is 1. The van der Waals surface area contributed by atoms with Crippen LogP contribution < -0.4 is 0 Å². The zero-order valence-electron chi connectivity index (χ0n) is 10.7. The minimum absolute atomic E-state index is 0.199. The predicted molar refractivity (Wildman–Crippen MR) is 62.4 cm³/mol. The molecule has 1 aromatic rings. The average molecular weight is 241 g/mol. The summed E-state index contributed by atoms with van der Waals surface area (Å²) < 4.78 is 9.72. The monoisotopic (exact) mass is 241 g/mol. The molecule has 1 atom stereocenters. The van der Waals surface area contributed by atoms with Gasteiger partial charge in [-0.05, 0) is 27.0 Å². The zero-order valence-corrected chi connectivity index (χ0v) is 10.7. The van der Waals surface area contributed by atoms with Crippen LogP contribution in [0.5, 0.6) is 0 Å². The van der Waals surface area contributed by atoms with E-state index < -0.39 is 11.6 Å². The van der Waals surface area contributed by atoms with Crippen molar-refractivity contribution in [3.05, 3.63) is 23.7 Å². The van der Waals surface area contributed by atoms with Crippen LogP contribution in [-0.4, -0.2) is 42.3 Å². The molecule has 0 fully saturated rings. The Bertz CT molecular complexity index is 384. The Morgan fingerprint density at radius 1 is 1.65 bits per heavy atom. The van der Waals surface area contributed by atoms with Crippen LogP contribution in [0.2, 0.25) is 0 Å². The van der Waals surface area contributed by atoms with Crippen LogP contribution in [0.3, 0.4) is 0 Å². The zero-order chi connectivity index (χ0) is 13.1. The molecular formula is C12H19NO4. The number of carbonyl (C=O) groups is 1. The lowest BCUT2D eigenvalue weighted by molar-refractivity contribution is -0.162. The van der Waals surface area contributed by atoms with Crippen molar-refractivity contribution in [3.63, 3.8) is 0 Å². The topological polar surface area (TPSA) is 62.9 Å². The second-order valence-electron chi connectivity index (χ2n) is 4.44. The van der Waals surface area contributed by atoms with Crippen molar-refractivity contribution in [2.45, 2.75) is 26.0 Å². The molecule has 1 unspecified atom stereocenters. The van der Waals surface area contributed by atoms with Gasteiger partial charge in [-0.25, -0.2) is 4.79 Å². The molecule has 17 heavy (non-hydrogen) atoms. The number of hydrogen-bond donors (Lipinski definition) is 1. The summed E-state index contributed by atoms with van der Waals surface area (Å²) in [4.78, 5) is 13.2. The van der Waals surface area contributed by atoms with E-state index in [1.807, 2.05) is 24.9 Å². The molecule has 0 aliphatic heterocycles. The van der Waals surface area contributed by atoms with Crippen LogP contribution in [0.4, 0.5) is 0 Å². The van der Waals surface area contributed by atoms with E-state index in [2.05, 4.69) is 4.74 Å². The molecule has 1 aromatic heterocycles. The number of methoxy groups -OCH3 is 1. The highest BCUT2D eigenvalue weighted by Gasteiger charge is 2.32. The second kappa shape index (κ2) is 5.33. The van der Waals surface area contributed by atoms with E-state index in [4.69, 9.17) is 4.42 Å². The summed E-state index contributed by atoms with van der Waals surface area (Å²) in [7, 11) is 3.08. The van der Waals surface area contributed by atoms with Crippen LogP contribution in [0.25, 0.3) is 0 Å². The first-order valence-corrected chi connectivity index (χ1v) is 5.39. The number of aryl methyl sites for hydroxylation is 1. The van der Waals surface area contributed by atoms with Gasteiger partial charge in [-0.1, -0.05) is 0 Å². The number of ether oxygens (including phenoxy) is 1. The third-order valence-electron chi connectivity index (χ3n) is 2.61. The number of esters is 1. The Balaban J connectivity index is 2.58. The average Bonchev–Trinajstić information content (AvgIpc) is 2.62. The van der Waals surface area contributed by atoms with Crippen LogP contribution >= 0.6 is 0 Å². The van der Waals surface area contributed by atoms with Crippen LogP contribution in [0.1, 0.15) is 18.2 Å². The molecule has 1 heterocycles. The fourth-order valence-electron chi connectivity index (χ4n) is 1.73. The van der Waals surface area contributed by atoms with Crippen molar-refractivity contribution in [2.75, 3.05) is 20.7 Å². The molecule has 0 spiro atoms. The molecule has 0 aliphatic rings. The number of nitrogens with zero attached hydrogens (tertiary/aromatic N) is 1. The van der Waals surface area contributed by atoms with E-state index in [1.54, 1.807) is 6.26 Å². The van der Waals surface area contributed by atoms with Crippen molar-refractivity contribution >= 4 is 5.97 Å². The quantitative estimate of drug-likeness (QED) is 0.777. The van der Waals surface area contributed by atoms with Gasteiger partial charge in [0.2, 0.25) is 0 Å². The highest BCUT2D eigenvalue weighted by Crippen LogP contribution is 2.14. The third kappa shape index (κ3) is 3.57. The van der Waals surface area contributed by atoms with Crippen LogP contribution in [0, 0.1) is 6.92 Å². The fraction of sp³-hybridized carbons (Fsp3) is 0.583. The van der Waals surface area contributed by atoms with Gasteiger partial charge in [0.15, 0.2) is 5.60 Å². The Morgan fingerprint density at radius 3 is 2.76 bits per heavy atom. The SMILES string of the molecule is COC(=O)C(C)(O)CN(C)Cc1ccoc1C. The summed E-state index contributed by atoms with van der Waals surface area (Å²) in [6, 6.07) is 1.87. The van der Waals surface area contributed by atoms with E-state index in [9.17, 15) is 9.90 Å². The van der Waals surface area contributed by atoms with Gasteiger partial charge in [-0.3, -0.25) is 4.90 Å². The molecule has 1 rings (SSSR count). The van der Waals surface area contributed by atoms with Crippen molar-refractivity contribution in [3.8, 4) is 0 Å². The minimum Gasteiger partial charge on any atom is -0.469 e. The fourth-order valence-corrected chi connectivity index (χ4v) is 1.73. The number of carbonyl (C=O) groups excluding carboxylic acids is 1. The van der Waals surface area contributed by atoms with Crippen LogP contribution in [-0.2, 0) is 16.1 Å². The Kier molecular flexibility index (Phi) is 4.31. The highest BCUT2D eigenvalue weighted by molar-refractivity contribution is 5.78. The normalized spacial score (nSPS) is 14.7. The van der Waals surface area contributed by atoms with E-state index in [-0.39, 0.29) is 6.54 Å². The van der Waals surface area contributed by atoms with Crippen molar-refractivity contribution < 1.29 is 19.1 Å². The summed E-state index contributed by atoms with van der Waals surface area (Å²) in [6.07, 6.45) is 1.62. The maximum atomic E-state index is 11.3. The lowest BCUT2D eigenvalue weighted by Crippen LogP contribution is -2.46. The molecule has 5 heteroatoms. The maximum Gasteiger partial charge on any atom is 0.338 e. The summed E-state index contributed by atoms with van der Waals surface area (Å²) in [5, 5.41) is 9.91. The number of furan rings is 1.